The van der Waals surface area contributed by atoms with E-state index < -0.39 is 10.0 Å². The van der Waals surface area contributed by atoms with Crippen LogP contribution in [0.25, 0.3) is 0 Å². The highest BCUT2D eigenvalue weighted by atomic mass is 32.2. The molecule has 1 heterocycles. The van der Waals surface area contributed by atoms with Crippen molar-refractivity contribution in [2.45, 2.75) is 31.4 Å². The molecule has 0 aromatic carbocycles. The zero-order chi connectivity index (χ0) is 14.5. The Morgan fingerprint density at radius 2 is 2.16 bits per heavy atom. The van der Waals surface area contributed by atoms with Gasteiger partial charge in [-0.25, -0.2) is 18.1 Å². The van der Waals surface area contributed by atoms with E-state index >= 15 is 0 Å². The molecule has 0 aliphatic rings. The number of ether oxygens (including phenoxy) is 1. The Labute approximate surface area is 118 Å². The Morgan fingerprint density at radius 1 is 1.47 bits per heavy atom. The molecule has 0 spiro atoms. The van der Waals surface area contributed by atoms with Gasteiger partial charge in [0.15, 0.2) is 9.34 Å². The van der Waals surface area contributed by atoms with Crippen LogP contribution in [0.2, 0.25) is 0 Å². The van der Waals surface area contributed by atoms with Gasteiger partial charge in [-0.3, -0.25) is 0 Å². The zero-order valence-electron chi connectivity index (χ0n) is 11.5. The third kappa shape index (κ3) is 5.43. The molecule has 110 valence electrons. The Hall–Kier alpha value is -0.700. The molecule has 0 saturated carbocycles. The van der Waals surface area contributed by atoms with E-state index in [1.54, 1.807) is 6.92 Å². The molecule has 0 unspecified atom stereocenters. The van der Waals surface area contributed by atoms with Gasteiger partial charge in [0.05, 0.1) is 5.69 Å². The summed E-state index contributed by atoms with van der Waals surface area (Å²) in [5.41, 5.74) is 5.93. The quantitative estimate of drug-likeness (QED) is 0.707. The first-order valence-corrected chi connectivity index (χ1v) is 8.43. The lowest BCUT2D eigenvalue weighted by atomic mass is 10.2. The third-order valence-electron chi connectivity index (χ3n) is 2.22. The fourth-order valence-electron chi connectivity index (χ4n) is 1.42. The maximum atomic E-state index is 12.0. The van der Waals surface area contributed by atoms with Crippen LogP contribution >= 0.6 is 11.3 Å². The fourth-order valence-corrected chi connectivity index (χ4v) is 3.83. The number of sulfonamides is 1. The minimum absolute atomic E-state index is 0.188. The maximum absolute atomic E-state index is 12.0. The molecule has 0 radical (unpaired) electrons. The number of nitrogen functional groups attached to an aromatic ring is 1. The van der Waals surface area contributed by atoms with E-state index in [1.807, 2.05) is 0 Å². The Kier molecular flexibility index (Phi) is 6.18. The van der Waals surface area contributed by atoms with Gasteiger partial charge in [0.25, 0.3) is 10.0 Å². The lowest BCUT2D eigenvalue weighted by Crippen LogP contribution is -2.25. The number of nitrogens with one attached hydrogen (secondary N) is 1. The van der Waals surface area contributed by atoms with Gasteiger partial charge in [-0.2, -0.15) is 0 Å². The molecule has 0 saturated heterocycles. The molecule has 6 nitrogen and oxygen atoms in total. The lowest BCUT2D eigenvalue weighted by molar-refractivity contribution is 0.108. The van der Waals surface area contributed by atoms with Crippen molar-refractivity contribution in [3.8, 4) is 0 Å². The van der Waals surface area contributed by atoms with Crippen molar-refractivity contribution >= 4 is 26.5 Å². The number of aromatic nitrogens is 1. The van der Waals surface area contributed by atoms with E-state index in [1.165, 1.54) is 0 Å². The van der Waals surface area contributed by atoms with E-state index in [9.17, 15) is 8.42 Å². The van der Waals surface area contributed by atoms with Crippen LogP contribution in [0, 0.1) is 12.8 Å². The Balaban J connectivity index is 2.38. The highest BCUT2D eigenvalue weighted by Crippen LogP contribution is 2.24. The van der Waals surface area contributed by atoms with Crippen LogP contribution in [0.1, 0.15) is 26.0 Å². The average Bonchev–Trinajstić information content (AvgIpc) is 2.63. The number of hydrogen-bond donors (Lipinski definition) is 2. The molecule has 0 aliphatic carbocycles. The van der Waals surface area contributed by atoms with Gasteiger partial charge in [-0.1, -0.05) is 25.2 Å². The Morgan fingerprint density at radius 3 is 2.68 bits per heavy atom. The normalized spacial score (nSPS) is 12.2. The van der Waals surface area contributed by atoms with Crippen molar-refractivity contribution < 1.29 is 13.2 Å². The van der Waals surface area contributed by atoms with Crippen LogP contribution in [0.5, 0.6) is 0 Å². The summed E-state index contributed by atoms with van der Waals surface area (Å²) >= 11 is 0.978. The highest BCUT2D eigenvalue weighted by Gasteiger charge is 2.20. The molecule has 1 aromatic rings. The monoisotopic (exact) mass is 307 g/mol. The van der Waals surface area contributed by atoms with Crippen LogP contribution in [0.15, 0.2) is 4.21 Å². The molecular weight excluding hydrogens is 286 g/mol. The van der Waals surface area contributed by atoms with Crippen molar-refractivity contribution in [2.75, 3.05) is 25.5 Å². The number of nitrogens with two attached hydrogens (primary N) is 1. The molecule has 0 bridgehead atoms. The largest absolute Gasteiger partial charge is 0.381 e. The number of rotatable bonds is 8. The van der Waals surface area contributed by atoms with Crippen molar-refractivity contribution in [1.29, 1.82) is 0 Å². The summed E-state index contributed by atoms with van der Waals surface area (Å²) in [7, 11) is -3.50. The van der Waals surface area contributed by atoms with Crippen LogP contribution < -0.4 is 10.5 Å². The summed E-state index contributed by atoms with van der Waals surface area (Å²) in [6, 6.07) is 0. The minimum atomic E-state index is -3.50. The van der Waals surface area contributed by atoms with E-state index in [2.05, 4.69) is 23.6 Å². The molecule has 19 heavy (non-hydrogen) atoms. The molecule has 1 aromatic heterocycles. The topological polar surface area (TPSA) is 94.3 Å². The second-order valence-electron chi connectivity index (χ2n) is 4.65. The minimum Gasteiger partial charge on any atom is -0.381 e. The molecule has 8 heteroatoms. The van der Waals surface area contributed by atoms with E-state index in [-0.39, 0.29) is 9.34 Å². The predicted molar refractivity (Wildman–Crippen MR) is 76.7 cm³/mol. The van der Waals surface area contributed by atoms with Crippen molar-refractivity contribution in [1.82, 2.24) is 9.71 Å². The van der Waals surface area contributed by atoms with Gasteiger partial charge >= 0.3 is 0 Å². The van der Waals surface area contributed by atoms with Gasteiger partial charge in [0.1, 0.15) is 0 Å². The SMILES string of the molecule is Cc1nc(N)sc1S(=O)(=O)NCCCOCC(C)C. The maximum Gasteiger partial charge on any atom is 0.252 e. The second kappa shape index (κ2) is 7.18. The van der Waals surface area contributed by atoms with E-state index in [4.69, 9.17) is 10.5 Å². The number of nitrogens with zero attached hydrogens (tertiary/aromatic N) is 1. The van der Waals surface area contributed by atoms with Crippen molar-refractivity contribution in [3.63, 3.8) is 0 Å². The van der Waals surface area contributed by atoms with Gasteiger partial charge in [0, 0.05) is 19.8 Å². The Bertz CT molecular complexity index is 497. The molecule has 0 aliphatic heterocycles. The van der Waals surface area contributed by atoms with Gasteiger partial charge in [0.2, 0.25) is 0 Å². The average molecular weight is 307 g/mol. The van der Waals surface area contributed by atoms with Crippen LogP contribution in [0.4, 0.5) is 5.13 Å². The molecule has 0 amide bonds. The summed E-state index contributed by atoms with van der Waals surface area (Å²) in [5, 5.41) is 0.262. The van der Waals surface area contributed by atoms with Gasteiger partial charge < -0.3 is 10.5 Å². The van der Waals surface area contributed by atoms with Crippen LogP contribution in [0.3, 0.4) is 0 Å². The van der Waals surface area contributed by atoms with Crippen LogP contribution in [-0.2, 0) is 14.8 Å². The third-order valence-corrected chi connectivity index (χ3v) is 5.28. The molecule has 3 N–H and O–H groups in total. The first-order chi connectivity index (χ1) is 8.83. The summed E-state index contributed by atoms with van der Waals surface area (Å²) in [6.07, 6.45) is 0.638. The highest BCUT2D eigenvalue weighted by molar-refractivity contribution is 7.91. The molecular formula is C11H21N3O3S2. The summed E-state index contributed by atoms with van der Waals surface area (Å²) in [5.74, 6) is 0.486. The van der Waals surface area contributed by atoms with Crippen molar-refractivity contribution in [3.05, 3.63) is 5.69 Å². The van der Waals surface area contributed by atoms with E-state index in [0.29, 0.717) is 37.8 Å². The molecule has 1 rings (SSSR count). The zero-order valence-corrected chi connectivity index (χ0v) is 13.1. The van der Waals surface area contributed by atoms with Gasteiger partial charge in [-0.15, -0.1) is 0 Å². The summed E-state index contributed by atoms with van der Waals surface area (Å²) in [6.45, 7) is 7.35. The first-order valence-electron chi connectivity index (χ1n) is 6.13. The molecule has 0 atom stereocenters. The van der Waals surface area contributed by atoms with E-state index in [0.717, 1.165) is 11.3 Å². The molecule has 0 fully saturated rings. The number of aryl methyl sites for hydroxylation is 1. The summed E-state index contributed by atoms with van der Waals surface area (Å²) < 4.78 is 32.0. The van der Waals surface area contributed by atoms with Crippen LogP contribution in [-0.4, -0.2) is 33.2 Å². The number of anilines is 1. The smallest absolute Gasteiger partial charge is 0.252 e. The predicted octanol–water partition coefficient (Wildman–Crippen LogP) is 1.37. The fraction of sp³-hybridized carbons (Fsp3) is 0.727. The van der Waals surface area contributed by atoms with Gasteiger partial charge in [-0.05, 0) is 19.3 Å². The number of thiazole rings is 1. The van der Waals surface area contributed by atoms with Crippen molar-refractivity contribution in [2.24, 2.45) is 5.92 Å². The second-order valence-corrected chi connectivity index (χ2v) is 7.64. The lowest BCUT2D eigenvalue weighted by Gasteiger charge is -2.07. The standard InChI is InChI=1S/C11H21N3O3S2/c1-8(2)7-17-6-4-5-13-19(15,16)10-9(3)14-11(12)18-10/h8,13H,4-7H2,1-3H3,(H2,12,14). The first kappa shape index (κ1) is 16.4. The number of hydrogen-bond acceptors (Lipinski definition) is 6. The summed E-state index contributed by atoms with van der Waals surface area (Å²) in [4.78, 5) is 3.91.